The molecule has 1 saturated heterocycles. The van der Waals surface area contributed by atoms with Gasteiger partial charge in [-0.15, -0.1) is 0 Å². The second kappa shape index (κ2) is 6.41. The minimum absolute atomic E-state index is 0.579. The Kier molecular flexibility index (Phi) is 5.51. The molecule has 0 spiro atoms. The van der Waals surface area contributed by atoms with Gasteiger partial charge in [0.05, 0.1) is 0 Å². The normalized spacial score (nSPS) is 29.5. The van der Waals surface area contributed by atoms with E-state index in [9.17, 15) is 0 Å². The lowest BCUT2D eigenvalue weighted by Gasteiger charge is -2.28. The molecule has 0 amide bonds. The van der Waals surface area contributed by atoms with Gasteiger partial charge >= 0.3 is 0 Å². The van der Waals surface area contributed by atoms with Gasteiger partial charge in [0.2, 0.25) is 0 Å². The van der Waals surface area contributed by atoms with E-state index >= 15 is 0 Å². The summed E-state index contributed by atoms with van der Waals surface area (Å²) < 4.78 is 0. The minimum Gasteiger partial charge on any atom is -0.362 e. The average Bonchev–Trinajstić information content (AvgIpc) is 2.18. The second-order valence-corrected chi connectivity index (χ2v) is 5.95. The molecule has 0 bridgehead atoms. The van der Waals surface area contributed by atoms with Crippen LogP contribution in [0.4, 0.5) is 0 Å². The molecule has 2 atom stereocenters. The molecule has 3 heteroatoms. The molecule has 0 aromatic carbocycles. The molecule has 0 aromatic heterocycles. The molecular formula is C12H24N2S. The molecule has 0 aromatic rings. The number of nitrogens with one attached hydrogen (secondary N) is 1. The van der Waals surface area contributed by atoms with Crippen molar-refractivity contribution in [2.24, 2.45) is 16.8 Å². The first kappa shape index (κ1) is 12.9. The van der Waals surface area contributed by atoms with Gasteiger partial charge in [-0.05, 0) is 31.6 Å². The van der Waals surface area contributed by atoms with Crippen LogP contribution >= 0.6 is 11.8 Å². The van der Waals surface area contributed by atoms with Gasteiger partial charge in [0.1, 0.15) is 0 Å². The van der Waals surface area contributed by atoms with Crippen LogP contribution in [0.5, 0.6) is 0 Å². The van der Waals surface area contributed by atoms with Crippen molar-refractivity contribution in [1.82, 2.24) is 5.32 Å². The van der Waals surface area contributed by atoms with Crippen LogP contribution in [0.25, 0.3) is 0 Å². The van der Waals surface area contributed by atoms with E-state index in [0.29, 0.717) is 6.04 Å². The Morgan fingerprint density at radius 1 is 1.47 bits per heavy atom. The molecule has 1 aliphatic heterocycles. The molecule has 1 aliphatic rings. The van der Waals surface area contributed by atoms with Crippen LogP contribution in [0, 0.1) is 11.8 Å². The Hall–Kier alpha value is -0.180. The average molecular weight is 228 g/mol. The summed E-state index contributed by atoms with van der Waals surface area (Å²) in [5.41, 5.74) is 0. The Morgan fingerprint density at radius 3 is 2.80 bits per heavy atom. The Labute approximate surface area is 98.3 Å². The third-order valence-electron chi connectivity index (χ3n) is 2.88. The topological polar surface area (TPSA) is 24.4 Å². The monoisotopic (exact) mass is 228 g/mol. The summed E-state index contributed by atoms with van der Waals surface area (Å²) in [4.78, 5) is 4.61. The quantitative estimate of drug-likeness (QED) is 0.748. The summed E-state index contributed by atoms with van der Waals surface area (Å²) in [5.74, 6) is 2.76. The summed E-state index contributed by atoms with van der Waals surface area (Å²) in [5, 5.41) is 4.62. The van der Waals surface area contributed by atoms with Gasteiger partial charge < -0.3 is 5.32 Å². The van der Waals surface area contributed by atoms with Crippen molar-refractivity contribution in [3.63, 3.8) is 0 Å². The number of hydrogen-bond acceptors (Lipinski definition) is 2. The summed E-state index contributed by atoms with van der Waals surface area (Å²) in [6.45, 7) is 10.1. The third-order valence-corrected chi connectivity index (χ3v) is 4.10. The number of hydrogen-bond donors (Lipinski definition) is 1. The lowest BCUT2D eigenvalue weighted by Crippen LogP contribution is -2.41. The molecule has 1 fully saturated rings. The molecular weight excluding hydrogens is 204 g/mol. The predicted molar refractivity (Wildman–Crippen MR) is 70.6 cm³/mol. The van der Waals surface area contributed by atoms with E-state index in [1.54, 1.807) is 0 Å². The van der Waals surface area contributed by atoms with Crippen molar-refractivity contribution in [1.29, 1.82) is 0 Å². The lowest BCUT2D eigenvalue weighted by molar-refractivity contribution is 0.489. The van der Waals surface area contributed by atoms with E-state index in [1.165, 1.54) is 18.6 Å². The van der Waals surface area contributed by atoms with E-state index in [1.807, 2.05) is 11.8 Å². The van der Waals surface area contributed by atoms with Gasteiger partial charge in [0.25, 0.3) is 0 Å². The van der Waals surface area contributed by atoms with Gasteiger partial charge in [-0.2, -0.15) is 0 Å². The third kappa shape index (κ3) is 4.92. The predicted octanol–water partition coefficient (Wildman–Crippen LogP) is 3.14. The molecule has 0 radical (unpaired) electrons. The Bertz CT molecular complexity index is 214. The second-order valence-electron chi connectivity index (χ2n) is 4.94. The molecule has 1 rings (SSSR count). The van der Waals surface area contributed by atoms with Gasteiger partial charge in [0, 0.05) is 18.3 Å². The number of aliphatic imine (C=N–C) groups is 1. The fraction of sp³-hybridized carbons (Fsp3) is 0.917. The fourth-order valence-electron chi connectivity index (χ4n) is 1.50. The maximum atomic E-state index is 4.61. The zero-order valence-electron chi connectivity index (χ0n) is 10.4. The van der Waals surface area contributed by atoms with E-state index < -0.39 is 0 Å². The molecule has 0 saturated carbocycles. The van der Waals surface area contributed by atoms with Gasteiger partial charge in [0.15, 0.2) is 5.17 Å². The highest BCUT2D eigenvalue weighted by atomic mass is 32.2. The molecule has 1 heterocycles. The molecule has 2 nitrogen and oxygen atoms in total. The molecule has 88 valence electrons. The Morgan fingerprint density at radius 2 is 2.20 bits per heavy atom. The summed E-state index contributed by atoms with van der Waals surface area (Å²) in [7, 11) is 0. The van der Waals surface area contributed by atoms with Crippen molar-refractivity contribution in [2.75, 3.05) is 12.3 Å². The van der Waals surface area contributed by atoms with Gasteiger partial charge in [-0.25, -0.2) is 0 Å². The highest BCUT2D eigenvalue weighted by Gasteiger charge is 2.20. The van der Waals surface area contributed by atoms with Crippen LogP contribution in [0.15, 0.2) is 4.99 Å². The lowest BCUT2D eigenvalue weighted by atomic mass is 10.1. The zero-order chi connectivity index (χ0) is 11.3. The van der Waals surface area contributed by atoms with Crippen molar-refractivity contribution in [2.45, 2.75) is 46.6 Å². The van der Waals surface area contributed by atoms with Crippen molar-refractivity contribution < 1.29 is 0 Å². The smallest absolute Gasteiger partial charge is 0.156 e. The standard InChI is InChI=1S/C12H24N2S/c1-9(2)6-5-7-13-12-14-11(4)10(3)8-15-12/h9-11H,5-8H2,1-4H3,(H,13,14). The molecule has 0 aliphatic carbocycles. The molecule has 15 heavy (non-hydrogen) atoms. The van der Waals surface area contributed by atoms with E-state index in [-0.39, 0.29) is 0 Å². The van der Waals surface area contributed by atoms with E-state index in [0.717, 1.165) is 23.5 Å². The van der Waals surface area contributed by atoms with Crippen LogP contribution in [0.2, 0.25) is 0 Å². The number of nitrogens with zero attached hydrogens (tertiary/aromatic N) is 1. The minimum atomic E-state index is 0.579. The number of thioether (sulfide) groups is 1. The molecule has 1 N–H and O–H groups in total. The van der Waals surface area contributed by atoms with Gasteiger partial charge in [-0.1, -0.05) is 32.5 Å². The largest absolute Gasteiger partial charge is 0.362 e. The first-order valence-corrected chi connectivity index (χ1v) is 7.02. The summed E-state index contributed by atoms with van der Waals surface area (Å²) in [6, 6.07) is 0.579. The van der Waals surface area contributed by atoms with E-state index in [4.69, 9.17) is 0 Å². The zero-order valence-corrected chi connectivity index (χ0v) is 11.2. The molecule has 2 unspecified atom stereocenters. The van der Waals surface area contributed by atoms with Crippen LogP contribution < -0.4 is 5.32 Å². The van der Waals surface area contributed by atoms with E-state index in [2.05, 4.69) is 38.0 Å². The Balaban J connectivity index is 2.22. The first-order chi connectivity index (χ1) is 7.09. The maximum absolute atomic E-state index is 4.61. The first-order valence-electron chi connectivity index (χ1n) is 6.03. The van der Waals surface area contributed by atoms with Crippen molar-refractivity contribution in [3.05, 3.63) is 0 Å². The van der Waals surface area contributed by atoms with Crippen LogP contribution in [0.1, 0.15) is 40.5 Å². The summed E-state index contributed by atoms with van der Waals surface area (Å²) in [6.07, 6.45) is 2.50. The summed E-state index contributed by atoms with van der Waals surface area (Å²) >= 11 is 1.87. The van der Waals surface area contributed by atoms with Crippen LogP contribution in [-0.4, -0.2) is 23.5 Å². The maximum Gasteiger partial charge on any atom is 0.156 e. The van der Waals surface area contributed by atoms with Crippen molar-refractivity contribution in [3.8, 4) is 0 Å². The van der Waals surface area contributed by atoms with Crippen LogP contribution in [0.3, 0.4) is 0 Å². The van der Waals surface area contributed by atoms with Gasteiger partial charge in [-0.3, -0.25) is 4.99 Å². The highest BCUT2D eigenvalue weighted by Crippen LogP contribution is 2.19. The SMILES string of the molecule is CC(C)CCCN=C1NC(C)C(C)CS1. The fourth-order valence-corrected chi connectivity index (χ4v) is 2.67. The van der Waals surface area contributed by atoms with Crippen molar-refractivity contribution >= 4 is 16.9 Å². The van der Waals surface area contributed by atoms with Crippen LogP contribution in [-0.2, 0) is 0 Å². The number of rotatable bonds is 4. The number of amidine groups is 1. The highest BCUT2D eigenvalue weighted by molar-refractivity contribution is 8.13.